The van der Waals surface area contributed by atoms with Gasteiger partial charge in [-0.1, -0.05) is 12.1 Å². The van der Waals surface area contributed by atoms with Gasteiger partial charge in [0.2, 0.25) is 0 Å². The molecular weight excluding hydrogens is 352 g/mol. The Morgan fingerprint density at radius 2 is 2.11 bits per heavy atom. The predicted octanol–water partition coefficient (Wildman–Crippen LogP) is 0.972. The molecule has 2 aromatic rings. The van der Waals surface area contributed by atoms with Crippen LogP contribution in [0.2, 0.25) is 0 Å². The number of rotatable bonds is 7. The van der Waals surface area contributed by atoms with Gasteiger partial charge >= 0.3 is 5.97 Å². The molecule has 2 heterocycles. The first-order valence-corrected chi connectivity index (χ1v) is 8.49. The summed E-state index contributed by atoms with van der Waals surface area (Å²) < 4.78 is 9.96. The third-order valence-corrected chi connectivity index (χ3v) is 4.14. The van der Waals surface area contributed by atoms with Crippen molar-refractivity contribution in [3.8, 4) is 11.5 Å². The number of esters is 1. The number of methoxy groups -OCH3 is 1. The molecule has 1 aromatic carbocycles. The van der Waals surface area contributed by atoms with Gasteiger partial charge in [-0.05, 0) is 24.3 Å². The highest BCUT2D eigenvalue weighted by molar-refractivity contribution is 6.08. The minimum Gasteiger partial charge on any atom is -0.466 e. The first-order chi connectivity index (χ1) is 13.1. The summed E-state index contributed by atoms with van der Waals surface area (Å²) in [7, 11) is 1.26. The number of amides is 1. The number of aromatic nitrogens is 2. The van der Waals surface area contributed by atoms with Crippen molar-refractivity contribution in [2.45, 2.75) is 13.3 Å². The molecule has 0 saturated heterocycles. The fraction of sp³-hybridized carbons (Fsp3) is 0.333. The van der Waals surface area contributed by atoms with E-state index in [1.807, 2.05) is 6.92 Å². The number of aliphatic hydroxyl groups is 1. The van der Waals surface area contributed by atoms with Crippen molar-refractivity contribution < 1.29 is 24.0 Å². The molecule has 3 rings (SSSR count). The second kappa shape index (κ2) is 8.00. The lowest BCUT2D eigenvalue weighted by Gasteiger charge is -2.15. The van der Waals surface area contributed by atoms with Gasteiger partial charge in [0, 0.05) is 24.2 Å². The fourth-order valence-corrected chi connectivity index (χ4v) is 2.70. The fourth-order valence-electron chi connectivity index (χ4n) is 2.70. The SMILES string of the molecule is CCc1noc(-c2ccc(NC3=C(C(=O)OC)CN(CCO)C3=O)cc2)n1. The standard InChI is InChI=1S/C18H20N4O5/c1-3-14-20-16(27-21-14)11-4-6-12(7-5-11)19-15-13(18(25)26-2)10-22(8-9-23)17(15)24/h4-7,19,23H,3,8-10H2,1-2H3. The van der Waals surface area contributed by atoms with Crippen LogP contribution in [0, 0.1) is 0 Å². The minimum absolute atomic E-state index is 0.0915. The summed E-state index contributed by atoms with van der Waals surface area (Å²) in [5, 5.41) is 15.9. The van der Waals surface area contributed by atoms with Gasteiger partial charge in [0.15, 0.2) is 5.82 Å². The summed E-state index contributed by atoms with van der Waals surface area (Å²) in [5.74, 6) is 0.0958. The normalized spacial score (nSPS) is 14.0. The zero-order valence-electron chi connectivity index (χ0n) is 15.1. The van der Waals surface area contributed by atoms with E-state index < -0.39 is 5.97 Å². The van der Waals surface area contributed by atoms with Gasteiger partial charge < -0.3 is 24.6 Å². The molecule has 9 heteroatoms. The Morgan fingerprint density at radius 1 is 1.37 bits per heavy atom. The molecule has 0 fully saturated rings. The quantitative estimate of drug-likeness (QED) is 0.691. The van der Waals surface area contributed by atoms with E-state index >= 15 is 0 Å². The molecule has 2 N–H and O–H groups in total. The molecule has 0 bridgehead atoms. The summed E-state index contributed by atoms with van der Waals surface area (Å²) in [5.41, 5.74) is 1.73. The lowest BCUT2D eigenvalue weighted by molar-refractivity contribution is -0.136. The lowest BCUT2D eigenvalue weighted by Crippen LogP contribution is -2.31. The average molecular weight is 372 g/mol. The number of aliphatic hydroxyl groups excluding tert-OH is 1. The third-order valence-electron chi connectivity index (χ3n) is 4.14. The Morgan fingerprint density at radius 3 is 2.70 bits per heavy atom. The van der Waals surface area contributed by atoms with Crippen LogP contribution in [-0.2, 0) is 20.7 Å². The van der Waals surface area contributed by atoms with Crippen LogP contribution in [0.1, 0.15) is 12.7 Å². The van der Waals surface area contributed by atoms with E-state index in [1.54, 1.807) is 24.3 Å². The summed E-state index contributed by atoms with van der Waals surface area (Å²) in [6.45, 7) is 1.98. The van der Waals surface area contributed by atoms with E-state index in [-0.39, 0.29) is 36.9 Å². The second-order valence-electron chi connectivity index (χ2n) is 5.87. The lowest BCUT2D eigenvalue weighted by atomic mass is 10.2. The maximum Gasteiger partial charge on any atom is 0.337 e. The van der Waals surface area contributed by atoms with E-state index in [2.05, 4.69) is 15.5 Å². The Kier molecular flexibility index (Phi) is 5.51. The van der Waals surface area contributed by atoms with E-state index in [9.17, 15) is 9.59 Å². The summed E-state index contributed by atoms with van der Waals surface area (Å²) in [6.07, 6.45) is 0.681. The highest BCUT2D eigenvalue weighted by Gasteiger charge is 2.34. The topological polar surface area (TPSA) is 118 Å². The number of β-amino-alcohol motifs (C(OH)–C–C–N with tert-alkyl or cyclic N) is 1. The molecule has 0 unspecified atom stereocenters. The molecule has 27 heavy (non-hydrogen) atoms. The van der Waals surface area contributed by atoms with Crippen LogP contribution in [0.4, 0.5) is 5.69 Å². The maximum absolute atomic E-state index is 12.5. The van der Waals surface area contributed by atoms with Crippen LogP contribution < -0.4 is 5.32 Å². The largest absolute Gasteiger partial charge is 0.466 e. The van der Waals surface area contributed by atoms with Gasteiger partial charge in [-0.25, -0.2) is 4.79 Å². The van der Waals surface area contributed by atoms with Crippen LogP contribution in [-0.4, -0.2) is 58.8 Å². The molecule has 9 nitrogen and oxygen atoms in total. The van der Waals surface area contributed by atoms with Gasteiger partial charge in [0.25, 0.3) is 11.8 Å². The molecule has 0 saturated carbocycles. The van der Waals surface area contributed by atoms with E-state index in [1.165, 1.54) is 12.0 Å². The first kappa shape index (κ1) is 18.6. The minimum atomic E-state index is -0.583. The van der Waals surface area contributed by atoms with Gasteiger partial charge in [0.05, 0.1) is 25.8 Å². The van der Waals surface area contributed by atoms with E-state index in [0.29, 0.717) is 23.8 Å². The Hall–Kier alpha value is -3.20. The van der Waals surface area contributed by atoms with Crippen molar-refractivity contribution in [3.05, 3.63) is 41.4 Å². The number of nitrogens with zero attached hydrogens (tertiary/aromatic N) is 3. The molecular formula is C18H20N4O5. The van der Waals surface area contributed by atoms with Gasteiger partial charge in [-0.3, -0.25) is 4.79 Å². The number of carbonyl (C=O) groups excluding carboxylic acids is 2. The van der Waals surface area contributed by atoms with Crippen LogP contribution >= 0.6 is 0 Å². The van der Waals surface area contributed by atoms with Gasteiger partial charge in [-0.2, -0.15) is 4.98 Å². The molecule has 0 aliphatic carbocycles. The molecule has 0 atom stereocenters. The summed E-state index contributed by atoms with van der Waals surface area (Å²) in [6, 6.07) is 7.04. The molecule has 1 amide bonds. The smallest absolute Gasteiger partial charge is 0.337 e. The second-order valence-corrected chi connectivity index (χ2v) is 5.87. The monoisotopic (exact) mass is 372 g/mol. The number of benzene rings is 1. The van der Waals surface area contributed by atoms with Crippen LogP contribution in [0.15, 0.2) is 40.1 Å². The number of aryl methyl sites for hydroxylation is 1. The average Bonchev–Trinajstić information content (AvgIpc) is 3.29. The highest BCUT2D eigenvalue weighted by atomic mass is 16.5. The van der Waals surface area contributed by atoms with Crippen molar-refractivity contribution in [2.24, 2.45) is 0 Å². The summed E-state index contributed by atoms with van der Waals surface area (Å²) in [4.78, 5) is 30.1. The Bertz CT molecular complexity index is 872. The Balaban J connectivity index is 1.81. The van der Waals surface area contributed by atoms with Gasteiger partial charge in [-0.15, -0.1) is 0 Å². The zero-order chi connectivity index (χ0) is 19.4. The van der Waals surface area contributed by atoms with Crippen molar-refractivity contribution in [1.29, 1.82) is 0 Å². The highest BCUT2D eigenvalue weighted by Crippen LogP contribution is 2.25. The number of hydrogen-bond donors (Lipinski definition) is 2. The van der Waals surface area contributed by atoms with Crippen LogP contribution in [0.25, 0.3) is 11.5 Å². The van der Waals surface area contributed by atoms with Crippen molar-refractivity contribution in [2.75, 3.05) is 32.1 Å². The van der Waals surface area contributed by atoms with E-state index in [0.717, 1.165) is 5.56 Å². The maximum atomic E-state index is 12.5. The molecule has 1 aliphatic heterocycles. The zero-order valence-corrected chi connectivity index (χ0v) is 15.1. The van der Waals surface area contributed by atoms with Gasteiger partial charge in [0.1, 0.15) is 5.70 Å². The number of nitrogens with one attached hydrogen (secondary N) is 1. The van der Waals surface area contributed by atoms with Crippen LogP contribution in [0.5, 0.6) is 0 Å². The molecule has 1 aliphatic rings. The first-order valence-electron chi connectivity index (χ1n) is 8.49. The number of hydrogen-bond acceptors (Lipinski definition) is 8. The third kappa shape index (κ3) is 3.82. The number of ether oxygens (including phenoxy) is 1. The van der Waals surface area contributed by atoms with E-state index in [4.69, 9.17) is 14.4 Å². The molecule has 1 aromatic heterocycles. The predicted molar refractivity (Wildman–Crippen MR) is 95.4 cm³/mol. The molecule has 142 valence electrons. The number of anilines is 1. The number of carbonyl (C=O) groups is 2. The molecule has 0 spiro atoms. The van der Waals surface area contributed by atoms with Crippen molar-refractivity contribution in [3.63, 3.8) is 0 Å². The molecule has 0 radical (unpaired) electrons. The van der Waals surface area contributed by atoms with Crippen molar-refractivity contribution >= 4 is 17.6 Å². The van der Waals surface area contributed by atoms with Crippen molar-refractivity contribution in [1.82, 2.24) is 15.0 Å². The van der Waals surface area contributed by atoms with Crippen LogP contribution in [0.3, 0.4) is 0 Å². The summed E-state index contributed by atoms with van der Waals surface area (Å²) >= 11 is 0. The Labute approximate surface area is 155 Å².